The SMILES string of the molecule is O=c1[nH]c(-c2ccco2)nc2c1CCN(Cc1ccccc1Br)C2. The molecule has 1 N–H and O–H groups in total. The summed E-state index contributed by atoms with van der Waals surface area (Å²) in [4.78, 5) is 22.1. The molecule has 0 spiro atoms. The first-order valence-corrected chi connectivity index (χ1v) is 8.62. The van der Waals surface area contributed by atoms with Gasteiger partial charge in [0.2, 0.25) is 0 Å². The monoisotopic (exact) mass is 385 g/mol. The fraction of sp³-hybridized carbons (Fsp3) is 0.222. The fourth-order valence-electron chi connectivity index (χ4n) is 3.03. The summed E-state index contributed by atoms with van der Waals surface area (Å²) in [7, 11) is 0. The Balaban J connectivity index is 1.62. The van der Waals surface area contributed by atoms with Crippen molar-refractivity contribution < 1.29 is 4.42 Å². The normalized spacial score (nSPS) is 14.5. The van der Waals surface area contributed by atoms with E-state index in [0.717, 1.165) is 28.8 Å². The van der Waals surface area contributed by atoms with Gasteiger partial charge in [0.25, 0.3) is 5.56 Å². The predicted molar refractivity (Wildman–Crippen MR) is 94.5 cm³/mol. The van der Waals surface area contributed by atoms with E-state index in [4.69, 9.17) is 4.42 Å². The number of nitrogens with one attached hydrogen (secondary N) is 1. The van der Waals surface area contributed by atoms with Crippen molar-refractivity contribution in [1.82, 2.24) is 14.9 Å². The second-order valence-electron chi connectivity index (χ2n) is 5.87. The lowest BCUT2D eigenvalue weighted by Crippen LogP contribution is -2.35. The number of halogens is 1. The molecule has 0 amide bonds. The van der Waals surface area contributed by atoms with Gasteiger partial charge in [0.05, 0.1) is 12.0 Å². The van der Waals surface area contributed by atoms with Crippen molar-refractivity contribution in [2.24, 2.45) is 0 Å². The number of rotatable bonds is 3. The third-order valence-corrected chi connectivity index (χ3v) is 5.03. The Morgan fingerprint density at radius 2 is 2.12 bits per heavy atom. The van der Waals surface area contributed by atoms with Crippen molar-refractivity contribution in [3.8, 4) is 11.6 Å². The van der Waals surface area contributed by atoms with E-state index in [1.165, 1.54) is 5.56 Å². The maximum absolute atomic E-state index is 12.3. The summed E-state index contributed by atoms with van der Waals surface area (Å²) >= 11 is 3.59. The summed E-state index contributed by atoms with van der Waals surface area (Å²) < 4.78 is 6.45. The standard InChI is InChI=1S/C18H16BrN3O2/c19-14-5-2-1-4-12(14)10-22-8-7-13-15(11-22)20-17(21-18(13)23)16-6-3-9-24-16/h1-6,9H,7-8,10-11H2,(H,20,21,23). The highest BCUT2D eigenvalue weighted by Crippen LogP contribution is 2.23. The van der Waals surface area contributed by atoms with E-state index < -0.39 is 0 Å². The lowest BCUT2D eigenvalue weighted by atomic mass is 10.1. The highest BCUT2D eigenvalue weighted by molar-refractivity contribution is 9.10. The number of H-pyrrole nitrogens is 1. The van der Waals surface area contributed by atoms with Crippen molar-refractivity contribution in [1.29, 1.82) is 0 Å². The molecule has 1 aliphatic rings. The van der Waals surface area contributed by atoms with Crippen LogP contribution in [-0.2, 0) is 19.5 Å². The molecule has 0 unspecified atom stereocenters. The van der Waals surface area contributed by atoms with Crippen LogP contribution in [0.4, 0.5) is 0 Å². The van der Waals surface area contributed by atoms with Gasteiger partial charge in [-0.05, 0) is 30.2 Å². The fourth-order valence-corrected chi connectivity index (χ4v) is 3.44. The van der Waals surface area contributed by atoms with Gasteiger partial charge in [-0.25, -0.2) is 4.98 Å². The molecule has 2 aromatic heterocycles. The van der Waals surface area contributed by atoms with Crippen LogP contribution >= 0.6 is 15.9 Å². The van der Waals surface area contributed by atoms with Crippen molar-refractivity contribution in [2.75, 3.05) is 6.54 Å². The average molecular weight is 386 g/mol. The Morgan fingerprint density at radius 1 is 1.25 bits per heavy atom. The quantitative estimate of drug-likeness (QED) is 0.750. The molecule has 1 aliphatic heterocycles. The Labute approximate surface area is 147 Å². The molecule has 24 heavy (non-hydrogen) atoms. The number of aromatic amines is 1. The van der Waals surface area contributed by atoms with E-state index in [0.29, 0.717) is 24.6 Å². The number of hydrogen-bond donors (Lipinski definition) is 1. The lowest BCUT2D eigenvalue weighted by Gasteiger charge is -2.28. The Kier molecular flexibility index (Phi) is 4.08. The molecule has 6 heteroatoms. The average Bonchev–Trinajstić information content (AvgIpc) is 3.11. The highest BCUT2D eigenvalue weighted by atomic mass is 79.9. The predicted octanol–water partition coefficient (Wildman–Crippen LogP) is 3.35. The molecule has 122 valence electrons. The van der Waals surface area contributed by atoms with Gasteiger partial charge in [-0.3, -0.25) is 9.69 Å². The van der Waals surface area contributed by atoms with Gasteiger partial charge in [-0.1, -0.05) is 34.1 Å². The van der Waals surface area contributed by atoms with Gasteiger partial charge >= 0.3 is 0 Å². The number of fused-ring (bicyclic) bond motifs is 1. The van der Waals surface area contributed by atoms with Crippen molar-refractivity contribution >= 4 is 15.9 Å². The Morgan fingerprint density at radius 3 is 2.92 bits per heavy atom. The molecule has 5 nitrogen and oxygen atoms in total. The Bertz CT molecular complexity index is 918. The molecule has 4 rings (SSSR count). The van der Waals surface area contributed by atoms with E-state index in [9.17, 15) is 4.79 Å². The van der Waals surface area contributed by atoms with Crippen molar-refractivity contribution in [3.63, 3.8) is 0 Å². The number of aromatic nitrogens is 2. The first kappa shape index (κ1) is 15.4. The summed E-state index contributed by atoms with van der Waals surface area (Å²) in [5.41, 5.74) is 2.79. The zero-order valence-corrected chi connectivity index (χ0v) is 14.5. The molecule has 0 aliphatic carbocycles. The third kappa shape index (κ3) is 2.95. The van der Waals surface area contributed by atoms with Crippen LogP contribution in [-0.4, -0.2) is 21.4 Å². The molecule has 1 aromatic carbocycles. The second-order valence-corrected chi connectivity index (χ2v) is 6.72. The van der Waals surface area contributed by atoms with Crippen LogP contribution in [0, 0.1) is 0 Å². The topological polar surface area (TPSA) is 62.1 Å². The molecule has 0 saturated heterocycles. The van der Waals surface area contributed by atoms with Crippen LogP contribution in [0.3, 0.4) is 0 Å². The summed E-state index contributed by atoms with van der Waals surface area (Å²) in [6.45, 7) is 2.33. The summed E-state index contributed by atoms with van der Waals surface area (Å²) in [6.07, 6.45) is 2.29. The van der Waals surface area contributed by atoms with Gasteiger partial charge in [0.15, 0.2) is 11.6 Å². The third-order valence-electron chi connectivity index (χ3n) is 4.26. The van der Waals surface area contributed by atoms with E-state index in [1.54, 1.807) is 18.4 Å². The van der Waals surface area contributed by atoms with E-state index >= 15 is 0 Å². The smallest absolute Gasteiger partial charge is 0.254 e. The van der Waals surface area contributed by atoms with E-state index in [2.05, 4.69) is 36.9 Å². The van der Waals surface area contributed by atoms with Crippen LogP contribution in [0.5, 0.6) is 0 Å². The number of nitrogens with zero attached hydrogens (tertiary/aromatic N) is 2. The molecular weight excluding hydrogens is 370 g/mol. The largest absolute Gasteiger partial charge is 0.461 e. The van der Waals surface area contributed by atoms with Gasteiger partial charge in [-0.15, -0.1) is 0 Å². The molecule has 0 bridgehead atoms. The van der Waals surface area contributed by atoms with E-state index in [-0.39, 0.29) is 5.56 Å². The van der Waals surface area contributed by atoms with Crippen LogP contribution in [0.2, 0.25) is 0 Å². The minimum absolute atomic E-state index is 0.0630. The molecule has 3 aromatic rings. The molecular formula is C18H16BrN3O2. The summed E-state index contributed by atoms with van der Waals surface area (Å²) in [6, 6.07) is 11.8. The molecule has 0 atom stereocenters. The number of furan rings is 1. The van der Waals surface area contributed by atoms with Crippen LogP contribution < -0.4 is 5.56 Å². The molecule has 0 radical (unpaired) electrons. The Hall–Kier alpha value is -2.18. The maximum atomic E-state index is 12.3. The van der Waals surface area contributed by atoms with E-state index in [1.807, 2.05) is 18.2 Å². The highest BCUT2D eigenvalue weighted by Gasteiger charge is 2.22. The van der Waals surface area contributed by atoms with Crippen LogP contribution in [0.25, 0.3) is 11.6 Å². The van der Waals surface area contributed by atoms with Crippen molar-refractivity contribution in [2.45, 2.75) is 19.5 Å². The minimum atomic E-state index is -0.0630. The first-order chi connectivity index (χ1) is 11.7. The number of hydrogen-bond acceptors (Lipinski definition) is 4. The first-order valence-electron chi connectivity index (χ1n) is 7.82. The van der Waals surface area contributed by atoms with Crippen LogP contribution in [0.15, 0.2) is 56.3 Å². The summed E-state index contributed by atoms with van der Waals surface area (Å²) in [5, 5.41) is 0. The summed E-state index contributed by atoms with van der Waals surface area (Å²) in [5.74, 6) is 1.07. The van der Waals surface area contributed by atoms with Gasteiger partial charge in [-0.2, -0.15) is 0 Å². The van der Waals surface area contributed by atoms with Crippen LogP contribution in [0.1, 0.15) is 16.8 Å². The molecule has 0 fully saturated rings. The zero-order valence-electron chi connectivity index (χ0n) is 13.0. The van der Waals surface area contributed by atoms with Gasteiger partial charge < -0.3 is 9.40 Å². The number of benzene rings is 1. The lowest BCUT2D eigenvalue weighted by molar-refractivity contribution is 0.240. The maximum Gasteiger partial charge on any atom is 0.254 e. The molecule has 3 heterocycles. The minimum Gasteiger partial charge on any atom is -0.461 e. The molecule has 0 saturated carbocycles. The van der Waals surface area contributed by atoms with Crippen molar-refractivity contribution in [3.05, 3.63) is 74.3 Å². The zero-order chi connectivity index (χ0) is 16.5. The van der Waals surface area contributed by atoms with Gasteiger partial charge in [0.1, 0.15) is 0 Å². The second kappa shape index (κ2) is 6.37. The van der Waals surface area contributed by atoms with Gasteiger partial charge in [0, 0.05) is 29.7 Å².